The molecule has 0 amide bonds. The van der Waals surface area contributed by atoms with E-state index >= 15 is 0 Å². The summed E-state index contributed by atoms with van der Waals surface area (Å²) in [7, 11) is 3.72. The third kappa shape index (κ3) is 2.49. The van der Waals surface area contributed by atoms with Crippen LogP contribution in [0.3, 0.4) is 0 Å². The van der Waals surface area contributed by atoms with Crippen LogP contribution >= 0.6 is 0 Å². The van der Waals surface area contributed by atoms with Gasteiger partial charge in [0.15, 0.2) is 0 Å². The molecule has 1 aromatic carbocycles. The van der Waals surface area contributed by atoms with E-state index in [0.29, 0.717) is 0 Å². The maximum Gasteiger partial charge on any atom is 1.00 e. The Hall–Kier alpha value is -0.583. The first-order valence-corrected chi connectivity index (χ1v) is 3.15. The fourth-order valence-corrected chi connectivity index (χ4v) is 0.827. The zero-order valence-electron chi connectivity index (χ0n) is 7.16. The SMILES string of the molecule is CN(C)c1ccccc1[O-].[Li+]. The molecule has 0 aromatic heterocycles. The summed E-state index contributed by atoms with van der Waals surface area (Å²) in [5.41, 5.74) is 0.738. The maximum absolute atomic E-state index is 11.0. The molecule has 11 heavy (non-hydrogen) atoms. The minimum atomic E-state index is 0. The number of hydrogen-bond acceptors (Lipinski definition) is 2. The van der Waals surface area contributed by atoms with Gasteiger partial charge in [-0.05, 0) is 6.07 Å². The second-order valence-electron chi connectivity index (χ2n) is 2.36. The normalized spacial score (nSPS) is 8.55. The van der Waals surface area contributed by atoms with Crippen LogP contribution in [0.25, 0.3) is 0 Å². The van der Waals surface area contributed by atoms with Gasteiger partial charge in [-0.3, -0.25) is 0 Å². The average Bonchev–Trinajstić information content (AvgIpc) is 1.88. The molecule has 0 aliphatic heterocycles. The number of anilines is 1. The van der Waals surface area contributed by atoms with Gasteiger partial charge < -0.3 is 10.0 Å². The Kier molecular flexibility index (Phi) is 4.10. The summed E-state index contributed by atoms with van der Waals surface area (Å²) in [6.07, 6.45) is 0. The van der Waals surface area contributed by atoms with E-state index in [1.807, 2.05) is 31.1 Å². The van der Waals surface area contributed by atoms with Crippen LogP contribution in [0.4, 0.5) is 5.69 Å². The molecule has 2 nitrogen and oxygen atoms in total. The number of benzene rings is 1. The first-order valence-electron chi connectivity index (χ1n) is 3.15. The molecule has 0 N–H and O–H groups in total. The standard InChI is InChI=1S/C8H11NO.Li/c1-9(2)7-5-3-4-6-8(7)10;/h3-6,10H,1-2H3;/q;+1/p-1. The summed E-state index contributed by atoms with van der Waals surface area (Å²) in [6, 6.07) is 6.98. The Bertz CT molecular complexity index is 225. The summed E-state index contributed by atoms with van der Waals surface area (Å²) in [5, 5.41) is 11.0. The van der Waals surface area contributed by atoms with Crippen molar-refractivity contribution in [2.24, 2.45) is 0 Å². The fraction of sp³-hybridized carbons (Fsp3) is 0.250. The smallest absolute Gasteiger partial charge is 0.871 e. The Morgan fingerprint density at radius 2 is 1.73 bits per heavy atom. The second-order valence-corrected chi connectivity index (χ2v) is 2.36. The Morgan fingerprint density at radius 3 is 2.09 bits per heavy atom. The van der Waals surface area contributed by atoms with Crippen molar-refractivity contribution in [3.8, 4) is 5.75 Å². The van der Waals surface area contributed by atoms with Gasteiger partial charge in [0.05, 0.1) is 0 Å². The molecular formula is C8H10LiNO. The molecule has 0 fully saturated rings. The van der Waals surface area contributed by atoms with Crippen molar-refractivity contribution in [1.82, 2.24) is 0 Å². The molecule has 3 heteroatoms. The molecule has 0 bridgehead atoms. The van der Waals surface area contributed by atoms with E-state index in [-0.39, 0.29) is 24.6 Å². The third-order valence-electron chi connectivity index (χ3n) is 1.35. The number of rotatable bonds is 1. The number of hydrogen-bond donors (Lipinski definition) is 0. The van der Waals surface area contributed by atoms with Crippen molar-refractivity contribution in [2.45, 2.75) is 0 Å². The molecule has 0 saturated heterocycles. The molecule has 0 atom stereocenters. The average molecular weight is 143 g/mol. The maximum atomic E-state index is 11.0. The first kappa shape index (κ1) is 10.4. The van der Waals surface area contributed by atoms with Crippen LogP contribution in [0.5, 0.6) is 5.75 Å². The van der Waals surface area contributed by atoms with Crippen molar-refractivity contribution >= 4 is 5.69 Å². The van der Waals surface area contributed by atoms with E-state index < -0.39 is 0 Å². The minimum Gasteiger partial charge on any atom is -0.871 e. The Balaban J connectivity index is 0.000001000. The third-order valence-corrected chi connectivity index (χ3v) is 1.35. The molecular weight excluding hydrogens is 133 g/mol. The van der Waals surface area contributed by atoms with Gasteiger partial charge in [0.25, 0.3) is 0 Å². The van der Waals surface area contributed by atoms with Gasteiger partial charge in [0, 0.05) is 19.8 Å². The monoisotopic (exact) mass is 143 g/mol. The second kappa shape index (κ2) is 4.33. The van der Waals surface area contributed by atoms with Crippen molar-refractivity contribution in [1.29, 1.82) is 0 Å². The van der Waals surface area contributed by atoms with Crippen molar-refractivity contribution < 1.29 is 24.0 Å². The van der Waals surface area contributed by atoms with E-state index in [2.05, 4.69) is 0 Å². The Morgan fingerprint density at radius 1 is 1.18 bits per heavy atom. The van der Waals surface area contributed by atoms with Crippen molar-refractivity contribution in [3.05, 3.63) is 24.3 Å². The van der Waals surface area contributed by atoms with Gasteiger partial charge in [0.2, 0.25) is 0 Å². The number of para-hydroxylation sites is 2. The van der Waals surface area contributed by atoms with Crippen molar-refractivity contribution in [2.75, 3.05) is 19.0 Å². The molecule has 1 rings (SSSR count). The molecule has 0 radical (unpaired) electrons. The predicted octanol–water partition coefficient (Wildman–Crippen LogP) is -2.17. The first-order chi connectivity index (χ1) is 4.72. The van der Waals surface area contributed by atoms with Crippen LogP contribution in [0.2, 0.25) is 0 Å². The van der Waals surface area contributed by atoms with Crippen LogP contribution in [0.15, 0.2) is 24.3 Å². The number of nitrogens with zero attached hydrogens (tertiary/aromatic N) is 1. The van der Waals surface area contributed by atoms with E-state index in [1.54, 1.807) is 12.1 Å². The molecule has 0 unspecified atom stereocenters. The van der Waals surface area contributed by atoms with E-state index in [9.17, 15) is 5.11 Å². The summed E-state index contributed by atoms with van der Waals surface area (Å²) in [4.78, 5) is 1.81. The van der Waals surface area contributed by atoms with Crippen LogP contribution in [0, 0.1) is 0 Å². The summed E-state index contributed by atoms with van der Waals surface area (Å²) in [5.74, 6) is 0.0764. The van der Waals surface area contributed by atoms with Crippen LogP contribution in [0.1, 0.15) is 0 Å². The summed E-state index contributed by atoms with van der Waals surface area (Å²) < 4.78 is 0. The minimum absolute atomic E-state index is 0. The van der Waals surface area contributed by atoms with Gasteiger partial charge in [-0.2, -0.15) is 0 Å². The van der Waals surface area contributed by atoms with Crippen LogP contribution < -0.4 is 28.9 Å². The molecule has 0 aliphatic rings. The predicted molar refractivity (Wildman–Crippen MR) is 40.2 cm³/mol. The molecule has 0 spiro atoms. The summed E-state index contributed by atoms with van der Waals surface area (Å²) >= 11 is 0. The van der Waals surface area contributed by atoms with Gasteiger partial charge in [-0.1, -0.05) is 23.9 Å². The van der Waals surface area contributed by atoms with Crippen LogP contribution in [-0.2, 0) is 0 Å². The largest absolute Gasteiger partial charge is 1.00 e. The van der Waals surface area contributed by atoms with Gasteiger partial charge >= 0.3 is 18.9 Å². The zero-order valence-corrected chi connectivity index (χ0v) is 7.16. The van der Waals surface area contributed by atoms with Gasteiger partial charge in [-0.25, -0.2) is 0 Å². The molecule has 0 heterocycles. The molecule has 54 valence electrons. The molecule has 1 aromatic rings. The molecule has 0 saturated carbocycles. The summed E-state index contributed by atoms with van der Waals surface area (Å²) in [6.45, 7) is 0. The van der Waals surface area contributed by atoms with Crippen LogP contribution in [-0.4, -0.2) is 14.1 Å². The topological polar surface area (TPSA) is 26.3 Å². The fourth-order valence-electron chi connectivity index (χ4n) is 0.827. The molecule has 0 aliphatic carbocycles. The van der Waals surface area contributed by atoms with Gasteiger partial charge in [0.1, 0.15) is 0 Å². The van der Waals surface area contributed by atoms with E-state index in [4.69, 9.17) is 0 Å². The van der Waals surface area contributed by atoms with Gasteiger partial charge in [-0.15, -0.1) is 0 Å². The van der Waals surface area contributed by atoms with Crippen molar-refractivity contribution in [3.63, 3.8) is 0 Å². The Labute approximate surface area is 79.0 Å². The van der Waals surface area contributed by atoms with E-state index in [1.165, 1.54) is 0 Å². The zero-order chi connectivity index (χ0) is 7.56. The van der Waals surface area contributed by atoms with E-state index in [0.717, 1.165) is 5.69 Å². The quantitative estimate of drug-likeness (QED) is 0.418.